The molecule has 1 aromatic carbocycles. The van der Waals surface area contributed by atoms with Crippen LogP contribution >= 0.6 is 0 Å². The Balaban J connectivity index is 2.34. The van der Waals surface area contributed by atoms with Gasteiger partial charge in [-0.15, -0.1) is 0 Å². The highest BCUT2D eigenvalue weighted by molar-refractivity contribution is 5.97. The van der Waals surface area contributed by atoms with Gasteiger partial charge < -0.3 is 11.1 Å². The molecule has 1 aliphatic carbocycles. The second kappa shape index (κ2) is 7.77. The first-order valence-electron chi connectivity index (χ1n) is 8.29. The predicted molar refractivity (Wildman–Crippen MR) is 83.5 cm³/mol. The Kier molecular flexibility index (Phi) is 6.06. The van der Waals surface area contributed by atoms with Gasteiger partial charge in [0.15, 0.2) is 0 Å². The van der Waals surface area contributed by atoms with Crippen molar-refractivity contribution in [1.29, 1.82) is 0 Å². The molecule has 27 heavy (non-hydrogen) atoms. The third-order valence-electron chi connectivity index (χ3n) is 4.56. The average Bonchev–Trinajstić information content (AvgIpc) is 2.58. The summed E-state index contributed by atoms with van der Waals surface area (Å²) in [6, 6.07) is -0.571. The highest BCUT2D eigenvalue weighted by atomic mass is 19.4. The van der Waals surface area contributed by atoms with E-state index in [-0.39, 0.29) is 12.0 Å². The van der Waals surface area contributed by atoms with Gasteiger partial charge >= 0.3 is 12.4 Å². The molecule has 3 N–H and O–H groups in total. The van der Waals surface area contributed by atoms with Crippen LogP contribution in [0.5, 0.6) is 0 Å². The standard InChI is InChI=1S/C17H18F6N2O2/c18-16(19,20)11-6-10(7-12(8-11)17(21,22)23)15(27)25-13(14(24)26)9-4-2-1-3-5-9/h6-9,13H,1-5H2,(H2,24,26)(H,25,27)/t13-/m0/s1. The number of hydrogen-bond donors (Lipinski definition) is 2. The van der Waals surface area contributed by atoms with Crippen molar-refractivity contribution in [1.82, 2.24) is 5.32 Å². The van der Waals surface area contributed by atoms with Gasteiger partial charge in [0.1, 0.15) is 6.04 Å². The third-order valence-corrected chi connectivity index (χ3v) is 4.56. The van der Waals surface area contributed by atoms with Crippen LogP contribution in [0.4, 0.5) is 26.3 Å². The molecule has 1 aliphatic rings. The van der Waals surface area contributed by atoms with Crippen LogP contribution in [0.15, 0.2) is 18.2 Å². The van der Waals surface area contributed by atoms with E-state index in [1.54, 1.807) is 0 Å². The highest BCUT2D eigenvalue weighted by Crippen LogP contribution is 2.36. The van der Waals surface area contributed by atoms with E-state index in [1.165, 1.54) is 0 Å². The van der Waals surface area contributed by atoms with Crippen LogP contribution in [-0.4, -0.2) is 17.9 Å². The van der Waals surface area contributed by atoms with E-state index in [0.29, 0.717) is 25.0 Å². The van der Waals surface area contributed by atoms with Gasteiger partial charge in [0.25, 0.3) is 5.91 Å². The molecular formula is C17H18F6N2O2. The maximum atomic E-state index is 12.9. The molecule has 0 radical (unpaired) electrons. The maximum absolute atomic E-state index is 12.9. The second-order valence-electron chi connectivity index (χ2n) is 6.55. The molecule has 1 aromatic rings. The topological polar surface area (TPSA) is 72.2 Å². The van der Waals surface area contributed by atoms with Crippen molar-refractivity contribution < 1.29 is 35.9 Å². The summed E-state index contributed by atoms with van der Waals surface area (Å²) >= 11 is 0. The van der Waals surface area contributed by atoms with Crippen LogP contribution in [0.1, 0.15) is 53.6 Å². The summed E-state index contributed by atoms with van der Waals surface area (Å²) in [6.07, 6.45) is -6.42. The Morgan fingerprint density at radius 1 is 0.926 bits per heavy atom. The number of alkyl halides is 6. The van der Waals surface area contributed by atoms with Gasteiger partial charge in [-0.2, -0.15) is 26.3 Å². The normalized spacial score (nSPS) is 17.4. The minimum Gasteiger partial charge on any atom is -0.368 e. The van der Waals surface area contributed by atoms with Crippen LogP contribution in [0.2, 0.25) is 0 Å². The first kappa shape index (κ1) is 21.0. The number of nitrogens with one attached hydrogen (secondary N) is 1. The van der Waals surface area contributed by atoms with Gasteiger partial charge in [-0.3, -0.25) is 9.59 Å². The lowest BCUT2D eigenvalue weighted by Crippen LogP contribution is -2.49. The molecule has 0 spiro atoms. The largest absolute Gasteiger partial charge is 0.416 e. The fourth-order valence-electron chi connectivity index (χ4n) is 3.20. The number of carbonyl (C=O) groups is 2. The first-order valence-corrected chi connectivity index (χ1v) is 8.29. The summed E-state index contributed by atoms with van der Waals surface area (Å²) in [4.78, 5) is 24.0. The molecule has 150 valence electrons. The zero-order valence-corrected chi connectivity index (χ0v) is 14.1. The molecular weight excluding hydrogens is 378 g/mol. The Labute approximate surface area is 151 Å². The quantitative estimate of drug-likeness (QED) is 0.758. The van der Waals surface area contributed by atoms with Gasteiger partial charge in [0.2, 0.25) is 5.91 Å². The van der Waals surface area contributed by atoms with E-state index in [4.69, 9.17) is 5.73 Å². The Bertz CT molecular complexity index is 676. The van der Waals surface area contributed by atoms with Gasteiger partial charge in [-0.1, -0.05) is 19.3 Å². The molecule has 0 saturated heterocycles. The molecule has 0 bridgehead atoms. The monoisotopic (exact) mass is 396 g/mol. The molecule has 4 nitrogen and oxygen atoms in total. The molecule has 10 heteroatoms. The van der Waals surface area contributed by atoms with Crippen molar-refractivity contribution in [2.75, 3.05) is 0 Å². The minimum atomic E-state index is -5.07. The summed E-state index contributed by atoms with van der Waals surface area (Å²) in [7, 11) is 0. The molecule has 0 aromatic heterocycles. The van der Waals surface area contributed by atoms with E-state index in [2.05, 4.69) is 5.32 Å². The second-order valence-corrected chi connectivity index (χ2v) is 6.55. The molecule has 1 fully saturated rings. The first-order chi connectivity index (χ1) is 12.4. The fourth-order valence-corrected chi connectivity index (χ4v) is 3.20. The molecule has 2 rings (SSSR count). The van der Waals surface area contributed by atoms with Gasteiger partial charge in [0.05, 0.1) is 11.1 Å². The van der Waals surface area contributed by atoms with E-state index < -0.39 is 46.9 Å². The van der Waals surface area contributed by atoms with Gasteiger partial charge in [0, 0.05) is 5.56 Å². The zero-order chi connectivity index (χ0) is 20.4. The summed E-state index contributed by atoms with van der Waals surface area (Å²) in [5.41, 5.74) is 1.24. The number of hydrogen-bond acceptors (Lipinski definition) is 2. The lowest BCUT2D eigenvalue weighted by atomic mass is 9.83. The summed E-state index contributed by atoms with van der Waals surface area (Å²) in [6.45, 7) is 0. The fraction of sp³-hybridized carbons (Fsp3) is 0.529. The molecule has 0 heterocycles. The van der Waals surface area contributed by atoms with Crippen molar-refractivity contribution in [3.63, 3.8) is 0 Å². The Morgan fingerprint density at radius 3 is 1.81 bits per heavy atom. The van der Waals surface area contributed by atoms with E-state index >= 15 is 0 Å². The van der Waals surface area contributed by atoms with Crippen molar-refractivity contribution in [3.8, 4) is 0 Å². The van der Waals surface area contributed by atoms with Crippen LogP contribution in [0.3, 0.4) is 0 Å². The number of rotatable bonds is 4. The number of nitrogens with two attached hydrogens (primary N) is 1. The lowest BCUT2D eigenvalue weighted by molar-refractivity contribution is -0.143. The van der Waals surface area contributed by atoms with Gasteiger partial charge in [-0.05, 0) is 37.0 Å². The average molecular weight is 396 g/mol. The van der Waals surface area contributed by atoms with Crippen LogP contribution in [0.25, 0.3) is 0 Å². The molecule has 1 atom stereocenters. The summed E-state index contributed by atoms with van der Waals surface area (Å²) in [5.74, 6) is -2.38. The maximum Gasteiger partial charge on any atom is 0.416 e. The SMILES string of the molecule is NC(=O)[C@@H](NC(=O)c1cc(C(F)(F)F)cc(C(F)(F)F)c1)C1CCCCC1. The van der Waals surface area contributed by atoms with Crippen LogP contribution < -0.4 is 11.1 Å². The van der Waals surface area contributed by atoms with Crippen molar-refractivity contribution in [3.05, 3.63) is 34.9 Å². The summed E-state index contributed by atoms with van der Waals surface area (Å²) in [5, 5.41) is 2.21. The number of carbonyl (C=O) groups excluding carboxylic acids is 2. The predicted octanol–water partition coefficient (Wildman–Crippen LogP) is 3.89. The van der Waals surface area contributed by atoms with Gasteiger partial charge in [-0.25, -0.2) is 0 Å². The summed E-state index contributed by atoms with van der Waals surface area (Å²) < 4.78 is 77.4. The number of amides is 2. The third kappa shape index (κ3) is 5.36. The number of primary amides is 1. The Morgan fingerprint density at radius 2 is 1.41 bits per heavy atom. The van der Waals surface area contributed by atoms with E-state index in [9.17, 15) is 35.9 Å². The smallest absolute Gasteiger partial charge is 0.368 e. The number of halogens is 6. The van der Waals surface area contributed by atoms with Crippen molar-refractivity contribution in [2.45, 2.75) is 50.5 Å². The van der Waals surface area contributed by atoms with E-state index in [1.807, 2.05) is 0 Å². The van der Waals surface area contributed by atoms with Crippen molar-refractivity contribution in [2.24, 2.45) is 11.7 Å². The highest BCUT2D eigenvalue weighted by Gasteiger charge is 2.38. The zero-order valence-electron chi connectivity index (χ0n) is 14.1. The van der Waals surface area contributed by atoms with Crippen molar-refractivity contribution >= 4 is 11.8 Å². The molecule has 0 unspecified atom stereocenters. The number of benzene rings is 1. The Hall–Kier alpha value is -2.26. The van der Waals surface area contributed by atoms with Crippen LogP contribution in [0, 0.1) is 5.92 Å². The van der Waals surface area contributed by atoms with Crippen LogP contribution in [-0.2, 0) is 17.1 Å². The molecule has 1 saturated carbocycles. The van der Waals surface area contributed by atoms with E-state index in [0.717, 1.165) is 19.3 Å². The molecule has 0 aliphatic heterocycles. The molecule has 2 amide bonds. The lowest BCUT2D eigenvalue weighted by Gasteiger charge is -2.28. The minimum absolute atomic E-state index is 0.0660.